The number of para-hydroxylation sites is 1. The Morgan fingerprint density at radius 1 is 1.10 bits per heavy atom. The van der Waals surface area contributed by atoms with Crippen molar-refractivity contribution >= 4 is 41.5 Å². The van der Waals surface area contributed by atoms with E-state index in [9.17, 15) is 4.79 Å². The fourth-order valence-corrected chi connectivity index (χ4v) is 3.25. The summed E-state index contributed by atoms with van der Waals surface area (Å²) < 4.78 is 5.66. The Labute approximate surface area is 189 Å². The number of anilines is 1. The molecule has 1 fully saturated rings. The Morgan fingerprint density at radius 3 is 2.48 bits per heavy atom. The van der Waals surface area contributed by atoms with E-state index in [4.69, 9.17) is 4.74 Å². The molecule has 3 rings (SSSR count). The third-order valence-electron chi connectivity index (χ3n) is 4.72. The van der Waals surface area contributed by atoms with Gasteiger partial charge < -0.3 is 20.3 Å². The Hall–Kier alpha value is -2.29. The zero-order valence-corrected chi connectivity index (χ0v) is 19.3. The summed E-state index contributed by atoms with van der Waals surface area (Å²) in [7, 11) is 1.76. The second kappa shape index (κ2) is 11.6. The summed E-state index contributed by atoms with van der Waals surface area (Å²) in [4.78, 5) is 18.0. The van der Waals surface area contributed by atoms with Crippen molar-refractivity contribution in [3.8, 4) is 5.75 Å². The fourth-order valence-electron chi connectivity index (χ4n) is 3.25. The molecule has 2 aromatic carbocycles. The number of carbonyl (C=O) groups excluding carboxylic acids is 1. The second-order valence-corrected chi connectivity index (χ2v) is 6.64. The third kappa shape index (κ3) is 6.35. The molecule has 1 aliphatic heterocycles. The Morgan fingerprint density at radius 2 is 1.83 bits per heavy atom. The number of nitrogens with zero attached hydrogens (tertiary/aromatic N) is 2. The summed E-state index contributed by atoms with van der Waals surface area (Å²) in [6, 6.07) is 16.1. The van der Waals surface area contributed by atoms with Crippen LogP contribution in [0.4, 0.5) is 5.69 Å². The SMILES string of the molecule is CCOc1ccccc1CNC(=NC)NCc1ccc(N2CCCC2=O)cc1.I. The quantitative estimate of drug-likeness (QED) is 0.340. The molecular formula is C22H29IN4O2. The number of hydrogen-bond donors (Lipinski definition) is 2. The van der Waals surface area contributed by atoms with Gasteiger partial charge in [0.2, 0.25) is 5.91 Å². The van der Waals surface area contributed by atoms with E-state index in [1.54, 1.807) is 7.05 Å². The Bertz CT molecular complexity index is 824. The average Bonchev–Trinajstić information content (AvgIpc) is 3.16. The van der Waals surface area contributed by atoms with Gasteiger partial charge in [-0.05, 0) is 37.1 Å². The Balaban J connectivity index is 0.00000300. The topological polar surface area (TPSA) is 66.0 Å². The molecule has 1 saturated heterocycles. The van der Waals surface area contributed by atoms with Gasteiger partial charge in [-0.1, -0.05) is 30.3 Å². The molecule has 1 heterocycles. The normalized spacial score (nSPS) is 13.8. The van der Waals surface area contributed by atoms with Crippen LogP contribution < -0.4 is 20.3 Å². The summed E-state index contributed by atoms with van der Waals surface area (Å²) in [5.41, 5.74) is 3.20. The highest BCUT2D eigenvalue weighted by molar-refractivity contribution is 14.0. The van der Waals surface area contributed by atoms with Crippen LogP contribution in [0.1, 0.15) is 30.9 Å². The van der Waals surface area contributed by atoms with Gasteiger partial charge in [-0.3, -0.25) is 9.79 Å². The first-order chi connectivity index (χ1) is 13.7. The zero-order valence-electron chi connectivity index (χ0n) is 17.0. The van der Waals surface area contributed by atoms with Crippen LogP contribution >= 0.6 is 24.0 Å². The fraction of sp³-hybridized carbons (Fsp3) is 0.364. The molecule has 7 heteroatoms. The molecule has 0 radical (unpaired) electrons. The van der Waals surface area contributed by atoms with Crippen molar-refractivity contribution in [3.63, 3.8) is 0 Å². The number of benzene rings is 2. The number of nitrogens with one attached hydrogen (secondary N) is 2. The van der Waals surface area contributed by atoms with E-state index in [0.29, 0.717) is 26.1 Å². The average molecular weight is 508 g/mol. The summed E-state index contributed by atoms with van der Waals surface area (Å²) in [6.07, 6.45) is 1.59. The maximum atomic E-state index is 11.8. The molecule has 0 saturated carbocycles. The van der Waals surface area contributed by atoms with E-state index in [0.717, 1.165) is 41.5 Å². The maximum absolute atomic E-state index is 11.8. The van der Waals surface area contributed by atoms with Gasteiger partial charge in [0.1, 0.15) is 5.75 Å². The van der Waals surface area contributed by atoms with Crippen LogP contribution in [0, 0.1) is 0 Å². The number of hydrogen-bond acceptors (Lipinski definition) is 3. The van der Waals surface area contributed by atoms with Gasteiger partial charge in [0.15, 0.2) is 5.96 Å². The number of rotatable bonds is 7. The van der Waals surface area contributed by atoms with Crippen LogP contribution in [-0.4, -0.2) is 32.1 Å². The lowest BCUT2D eigenvalue weighted by Crippen LogP contribution is -2.36. The molecule has 6 nitrogen and oxygen atoms in total. The monoisotopic (exact) mass is 508 g/mol. The maximum Gasteiger partial charge on any atom is 0.227 e. The highest BCUT2D eigenvalue weighted by Gasteiger charge is 2.21. The number of carbonyl (C=O) groups is 1. The number of ether oxygens (including phenoxy) is 1. The molecule has 1 aliphatic rings. The minimum Gasteiger partial charge on any atom is -0.494 e. The van der Waals surface area contributed by atoms with Crippen molar-refractivity contribution in [2.24, 2.45) is 4.99 Å². The lowest BCUT2D eigenvalue weighted by Gasteiger charge is -2.17. The largest absolute Gasteiger partial charge is 0.494 e. The molecule has 2 aromatic rings. The van der Waals surface area contributed by atoms with Gasteiger partial charge in [-0.25, -0.2) is 0 Å². The first-order valence-corrected chi connectivity index (χ1v) is 9.75. The predicted octanol–water partition coefficient (Wildman–Crippen LogP) is 3.70. The van der Waals surface area contributed by atoms with Crippen molar-refractivity contribution in [2.45, 2.75) is 32.9 Å². The first kappa shape index (κ1) is 23.0. The lowest BCUT2D eigenvalue weighted by atomic mass is 10.2. The van der Waals surface area contributed by atoms with Crippen molar-refractivity contribution in [3.05, 3.63) is 59.7 Å². The van der Waals surface area contributed by atoms with Crippen LogP contribution in [-0.2, 0) is 17.9 Å². The number of halogens is 1. The molecule has 0 aromatic heterocycles. The summed E-state index contributed by atoms with van der Waals surface area (Å²) >= 11 is 0. The molecule has 0 atom stereocenters. The van der Waals surface area contributed by atoms with E-state index in [2.05, 4.69) is 15.6 Å². The van der Waals surface area contributed by atoms with Crippen LogP contribution in [0.2, 0.25) is 0 Å². The number of aliphatic imine (C=N–C) groups is 1. The van der Waals surface area contributed by atoms with Crippen molar-refractivity contribution in [2.75, 3.05) is 25.1 Å². The Kier molecular flexibility index (Phi) is 9.24. The minimum absolute atomic E-state index is 0. The first-order valence-electron chi connectivity index (χ1n) is 9.75. The van der Waals surface area contributed by atoms with E-state index < -0.39 is 0 Å². The van der Waals surface area contributed by atoms with E-state index in [-0.39, 0.29) is 29.9 Å². The highest BCUT2D eigenvalue weighted by Crippen LogP contribution is 2.21. The third-order valence-corrected chi connectivity index (χ3v) is 4.72. The summed E-state index contributed by atoms with van der Waals surface area (Å²) in [5, 5.41) is 6.65. The highest BCUT2D eigenvalue weighted by atomic mass is 127. The molecule has 0 spiro atoms. The van der Waals surface area contributed by atoms with E-state index in [1.165, 1.54) is 0 Å². The van der Waals surface area contributed by atoms with E-state index in [1.807, 2.05) is 60.4 Å². The zero-order chi connectivity index (χ0) is 19.8. The van der Waals surface area contributed by atoms with Crippen LogP contribution in [0.3, 0.4) is 0 Å². The molecule has 0 unspecified atom stereocenters. The molecule has 2 N–H and O–H groups in total. The lowest BCUT2D eigenvalue weighted by molar-refractivity contribution is -0.117. The van der Waals surface area contributed by atoms with E-state index >= 15 is 0 Å². The molecular weight excluding hydrogens is 479 g/mol. The van der Waals surface area contributed by atoms with Gasteiger partial charge in [0.25, 0.3) is 0 Å². The van der Waals surface area contributed by atoms with Gasteiger partial charge >= 0.3 is 0 Å². The van der Waals surface area contributed by atoms with Crippen molar-refractivity contribution < 1.29 is 9.53 Å². The van der Waals surface area contributed by atoms with Gasteiger partial charge in [-0.15, -0.1) is 24.0 Å². The van der Waals surface area contributed by atoms with Gasteiger partial charge in [0, 0.05) is 44.4 Å². The molecule has 0 bridgehead atoms. The minimum atomic E-state index is 0. The van der Waals surface area contributed by atoms with Gasteiger partial charge in [0.05, 0.1) is 6.61 Å². The summed E-state index contributed by atoms with van der Waals surface area (Å²) in [5.74, 6) is 1.83. The van der Waals surface area contributed by atoms with Crippen molar-refractivity contribution in [1.29, 1.82) is 0 Å². The number of amides is 1. The number of guanidine groups is 1. The predicted molar refractivity (Wildman–Crippen MR) is 128 cm³/mol. The summed E-state index contributed by atoms with van der Waals surface area (Å²) in [6.45, 7) is 4.72. The van der Waals surface area contributed by atoms with Crippen molar-refractivity contribution in [1.82, 2.24) is 10.6 Å². The molecule has 29 heavy (non-hydrogen) atoms. The molecule has 156 valence electrons. The second-order valence-electron chi connectivity index (χ2n) is 6.64. The van der Waals surface area contributed by atoms with Crippen LogP contribution in [0.25, 0.3) is 0 Å². The smallest absolute Gasteiger partial charge is 0.227 e. The van der Waals surface area contributed by atoms with Gasteiger partial charge in [-0.2, -0.15) is 0 Å². The molecule has 1 amide bonds. The standard InChI is InChI=1S/C22H28N4O2.HI/c1-3-28-20-8-5-4-7-18(20)16-25-22(23-2)24-15-17-10-12-19(13-11-17)26-14-6-9-21(26)27;/h4-5,7-8,10-13H,3,6,9,14-16H2,1-2H3,(H2,23,24,25);1H. The molecule has 0 aliphatic carbocycles. The van der Waals surface area contributed by atoms with Crippen LogP contribution in [0.15, 0.2) is 53.5 Å². The van der Waals surface area contributed by atoms with Crippen LogP contribution in [0.5, 0.6) is 5.75 Å².